The topological polar surface area (TPSA) is 86.5 Å². The molecule has 2 aromatic rings. The first kappa shape index (κ1) is 15.0. The van der Waals surface area contributed by atoms with Crippen molar-refractivity contribution in [3.63, 3.8) is 0 Å². The van der Waals surface area contributed by atoms with Gasteiger partial charge in [0.1, 0.15) is 22.6 Å². The molecule has 1 aliphatic heterocycles. The number of thiazole rings is 1. The number of hydrogen-bond acceptors (Lipinski definition) is 6. The summed E-state index contributed by atoms with van der Waals surface area (Å²) in [5.41, 5.74) is 6.51. The van der Waals surface area contributed by atoms with Crippen molar-refractivity contribution in [2.75, 3.05) is 18.5 Å². The molecule has 0 bridgehead atoms. The van der Waals surface area contributed by atoms with E-state index in [1.807, 2.05) is 18.2 Å². The van der Waals surface area contributed by atoms with Crippen molar-refractivity contribution in [3.8, 4) is 5.75 Å². The molecule has 3 N–H and O–H groups in total. The van der Waals surface area contributed by atoms with Crippen molar-refractivity contribution < 1.29 is 14.3 Å². The fraction of sp³-hybridized carbons (Fsp3) is 0.333. The van der Waals surface area contributed by atoms with Crippen molar-refractivity contribution in [2.24, 2.45) is 5.73 Å². The first-order chi connectivity index (χ1) is 10.8. The van der Waals surface area contributed by atoms with Crippen molar-refractivity contribution in [1.82, 2.24) is 4.98 Å². The lowest BCUT2D eigenvalue weighted by Gasteiger charge is -2.15. The van der Waals surface area contributed by atoms with Gasteiger partial charge in [0.15, 0.2) is 0 Å². The zero-order valence-corrected chi connectivity index (χ0v) is 12.8. The fourth-order valence-corrected chi connectivity index (χ4v) is 2.81. The molecule has 1 unspecified atom stereocenters. The molecule has 1 saturated heterocycles. The molecule has 0 spiro atoms. The summed E-state index contributed by atoms with van der Waals surface area (Å²) in [5.74, 6) is 0.371. The summed E-state index contributed by atoms with van der Waals surface area (Å²) in [6.07, 6.45) is 0.884. The van der Waals surface area contributed by atoms with E-state index in [1.54, 1.807) is 11.4 Å². The standard InChI is InChI=1S/C15H17N3O3S/c16-7-14-17-12(9-22-14)15(19)18-11-3-1-2-4-13(11)21-10-5-6-20-8-10/h1-4,9-10H,5-8,16H2,(H,18,19). The van der Waals surface area contributed by atoms with E-state index in [0.717, 1.165) is 11.4 Å². The molecule has 1 aliphatic rings. The van der Waals surface area contributed by atoms with Crippen LogP contribution in [-0.4, -0.2) is 30.2 Å². The number of rotatable bonds is 5. The summed E-state index contributed by atoms with van der Waals surface area (Å²) in [4.78, 5) is 16.4. The highest BCUT2D eigenvalue weighted by molar-refractivity contribution is 7.09. The maximum absolute atomic E-state index is 12.2. The minimum Gasteiger partial charge on any atom is -0.486 e. The smallest absolute Gasteiger partial charge is 0.275 e. The number of aromatic nitrogens is 1. The SMILES string of the molecule is NCc1nc(C(=O)Nc2ccccc2OC2CCOC2)cs1. The Kier molecular flexibility index (Phi) is 4.67. The molecular formula is C15H17N3O3S. The highest BCUT2D eigenvalue weighted by Crippen LogP contribution is 2.27. The van der Waals surface area contributed by atoms with Gasteiger partial charge in [0.25, 0.3) is 5.91 Å². The Morgan fingerprint density at radius 2 is 2.36 bits per heavy atom. The molecule has 3 rings (SSSR count). The molecule has 1 aromatic heterocycles. The molecular weight excluding hydrogens is 302 g/mol. The van der Waals surface area contributed by atoms with Crippen LogP contribution in [0.5, 0.6) is 5.75 Å². The van der Waals surface area contributed by atoms with E-state index >= 15 is 0 Å². The van der Waals surface area contributed by atoms with Crippen LogP contribution in [0.4, 0.5) is 5.69 Å². The first-order valence-corrected chi connectivity index (χ1v) is 7.93. The van der Waals surface area contributed by atoms with E-state index in [9.17, 15) is 4.79 Å². The van der Waals surface area contributed by atoms with Crippen LogP contribution in [0.3, 0.4) is 0 Å². The average Bonchev–Trinajstić information content (AvgIpc) is 3.20. The number of para-hydroxylation sites is 2. The number of nitrogens with two attached hydrogens (primary N) is 1. The Hall–Kier alpha value is -1.96. The predicted octanol–water partition coefficient (Wildman–Crippen LogP) is 2.02. The Morgan fingerprint density at radius 1 is 1.50 bits per heavy atom. The van der Waals surface area contributed by atoms with Crippen LogP contribution in [0.2, 0.25) is 0 Å². The number of carbonyl (C=O) groups excluding carboxylic acids is 1. The summed E-state index contributed by atoms with van der Waals surface area (Å²) in [6.45, 7) is 1.62. The monoisotopic (exact) mass is 319 g/mol. The summed E-state index contributed by atoms with van der Waals surface area (Å²) >= 11 is 1.37. The lowest BCUT2D eigenvalue weighted by molar-refractivity contribution is 0.102. The highest BCUT2D eigenvalue weighted by Gasteiger charge is 2.19. The van der Waals surface area contributed by atoms with E-state index in [0.29, 0.717) is 36.9 Å². The molecule has 6 nitrogen and oxygen atoms in total. The third kappa shape index (κ3) is 3.44. The summed E-state index contributed by atoms with van der Waals surface area (Å²) in [6, 6.07) is 7.36. The van der Waals surface area contributed by atoms with Crippen LogP contribution >= 0.6 is 11.3 Å². The molecule has 7 heteroatoms. The van der Waals surface area contributed by atoms with Crippen LogP contribution < -0.4 is 15.8 Å². The molecule has 2 heterocycles. The van der Waals surface area contributed by atoms with Gasteiger partial charge in [-0.25, -0.2) is 4.98 Å². The number of carbonyl (C=O) groups is 1. The maximum Gasteiger partial charge on any atom is 0.275 e. The van der Waals surface area contributed by atoms with Crippen LogP contribution in [0.1, 0.15) is 21.9 Å². The van der Waals surface area contributed by atoms with Crippen LogP contribution in [-0.2, 0) is 11.3 Å². The summed E-state index contributed by atoms with van der Waals surface area (Å²) in [7, 11) is 0. The zero-order chi connectivity index (χ0) is 15.4. The van der Waals surface area contributed by atoms with Crippen molar-refractivity contribution >= 4 is 22.9 Å². The molecule has 0 aliphatic carbocycles. The number of ether oxygens (including phenoxy) is 2. The van der Waals surface area contributed by atoms with Crippen LogP contribution in [0.25, 0.3) is 0 Å². The highest BCUT2D eigenvalue weighted by atomic mass is 32.1. The lowest BCUT2D eigenvalue weighted by atomic mass is 10.2. The van der Waals surface area contributed by atoms with E-state index in [1.165, 1.54) is 11.3 Å². The van der Waals surface area contributed by atoms with Crippen LogP contribution in [0, 0.1) is 0 Å². The fourth-order valence-electron chi connectivity index (χ4n) is 2.15. The average molecular weight is 319 g/mol. The van der Waals surface area contributed by atoms with Gasteiger partial charge >= 0.3 is 0 Å². The van der Waals surface area contributed by atoms with Gasteiger partial charge in [-0.05, 0) is 12.1 Å². The quantitative estimate of drug-likeness (QED) is 0.880. The minimum atomic E-state index is -0.269. The first-order valence-electron chi connectivity index (χ1n) is 7.05. The van der Waals surface area contributed by atoms with Crippen molar-refractivity contribution in [2.45, 2.75) is 19.1 Å². The van der Waals surface area contributed by atoms with E-state index < -0.39 is 0 Å². The lowest BCUT2D eigenvalue weighted by Crippen LogP contribution is -2.18. The largest absolute Gasteiger partial charge is 0.486 e. The molecule has 1 amide bonds. The van der Waals surface area contributed by atoms with Gasteiger partial charge in [-0.1, -0.05) is 12.1 Å². The number of benzene rings is 1. The second-order valence-corrected chi connectivity index (χ2v) is 5.83. The predicted molar refractivity (Wildman–Crippen MR) is 84.3 cm³/mol. The van der Waals surface area contributed by atoms with E-state index in [2.05, 4.69) is 10.3 Å². The second-order valence-electron chi connectivity index (χ2n) is 4.88. The third-order valence-electron chi connectivity index (χ3n) is 3.28. The Labute approximate surface area is 132 Å². The molecule has 1 aromatic carbocycles. The van der Waals surface area contributed by atoms with E-state index in [-0.39, 0.29) is 12.0 Å². The summed E-state index contributed by atoms with van der Waals surface area (Å²) in [5, 5.41) is 5.27. The minimum absolute atomic E-state index is 0.0289. The number of nitrogens with zero attached hydrogens (tertiary/aromatic N) is 1. The van der Waals surface area contributed by atoms with Gasteiger partial charge in [-0.15, -0.1) is 11.3 Å². The molecule has 0 radical (unpaired) electrons. The zero-order valence-electron chi connectivity index (χ0n) is 12.0. The molecule has 22 heavy (non-hydrogen) atoms. The van der Waals surface area contributed by atoms with Crippen molar-refractivity contribution in [1.29, 1.82) is 0 Å². The Balaban J connectivity index is 1.72. The van der Waals surface area contributed by atoms with Gasteiger partial charge in [-0.3, -0.25) is 4.79 Å². The Morgan fingerprint density at radius 3 is 3.09 bits per heavy atom. The third-order valence-corrected chi connectivity index (χ3v) is 4.15. The van der Waals surface area contributed by atoms with Gasteiger partial charge < -0.3 is 20.5 Å². The van der Waals surface area contributed by atoms with E-state index in [4.69, 9.17) is 15.2 Å². The number of nitrogens with one attached hydrogen (secondary N) is 1. The number of amides is 1. The second kappa shape index (κ2) is 6.87. The van der Waals surface area contributed by atoms with Crippen molar-refractivity contribution in [3.05, 3.63) is 40.3 Å². The maximum atomic E-state index is 12.2. The van der Waals surface area contributed by atoms with Gasteiger partial charge in [-0.2, -0.15) is 0 Å². The number of hydrogen-bond donors (Lipinski definition) is 2. The van der Waals surface area contributed by atoms with Crippen LogP contribution in [0.15, 0.2) is 29.6 Å². The molecule has 1 atom stereocenters. The Bertz CT molecular complexity index is 653. The molecule has 0 saturated carbocycles. The molecule has 1 fully saturated rings. The van der Waals surface area contributed by atoms with Gasteiger partial charge in [0, 0.05) is 18.3 Å². The normalized spacial score (nSPS) is 17.4. The summed E-state index contributed by atoms with van der Waals surface area (Å²) < 4.78 is 11.2. The van der Waals surface area contributed by atoms with Gasteiger partial charge in [0.2, 0.25) is 0 Å². The number of anilines is 1. The molecule has 116 valence electrons. The van der Waals surface area contributed by atoms with Gasteiger partial charge in [0.05, 0.1) is 18.9 Å².